The van der Waals surface area contributed by atoms with Gasteiger partial charge in [-0.3, -0.25) is 4.90 Å². The Balaban J connectivity index is 2.87. The minimum absolute atomic E-state index is 0.233. The lowest BCUT2D eigenvalue weighted by Crippen LogP contribution is -2.63. The number of nitrogens with two attached hydrogens (primary N) is 1. The van der Waals surface area contributed by atoms with Gasteiger partial charge in [0.1, 0.15) is 0 Å². The maximum Gasteiger partial charge on any atom is 0.0361 e. The summed E-state index contributed by atoms with van der Waals surface area (Å²) in [5.74, 6) is 0. The van der Waals surface area contributed by atoms with Gasteiger partial charge in [0.15, 0.2) is 0 Å². The van der Waals surface area contributed by atoms with E-state index in [1.54, 1.807) is 0 Å². The van der Waals surface area contributed by atoms with Crippen molar-refractivity contribution in [3.05, 3.63) is 0 Å². The van der Waals surface area contributed by atoms with Crippen LogP contribution < -0.4 is 5.73 Å². The summed E-state index contributed by atoms with van der Waals surface area (Å²) in [7, 11) is 2.24. The molecule has 0 aromatic rings. The first-order valence-corrected chi connectivity index (χ1v) is 8.17. The van der Waals surface area contributed by atoms with Gasteiger partial charge < -0.3 is 10.6 Å². The van der Waals surface area contributed by atoms with Crippen LogP contribution in [0.5, 0.6) is 0 Å². The fourth-order valence-corrected chi connectivity index (χ4v) is 3.45. The average molecular weight is 269 g/mol. The lowest BCUT2D eigenvalue weighted by Gasteiger charge is -2.52. The Labute approximate surface area is 120 Å². The lowest BCUT2D eigenvalue weighted by atomic mass is 9.81. The molecule has 0 bridgehead atoms. The summed E-state index contributed by atoms with van der Waals surface area (Å²) >= 11 is 0. The molecule has 3 heteroatoms. The van der Waals surface area contributed by atoms with Crippen molar-refractivity contribution in [1.82, 2.24) is 9.80 Å². The van der Waals surface area contributed by atoms with Gasteiger partial charge in [-0.1, -0.05) is 20.3 Å². The van der Waals surface area contributed by atoms with Crippen LogP contribution in [0.4, 0.5) is 0 Å². The van der Waals surface area contributed by atoms with Crippen LogP contribution in [-0.4, -0.2) is 54.1 Å². The van der Waals surface area contributed by atoms with Crippen molar-refractivity contribution < 1.29 is 0 Å². The SMILES string of the molecule is CCCCN(C(C)CC)C1(CN)CCN(C)C(C)C1. The molecule has 114 valence electrons. The molecule has 0 radical (unpaired) electrons. The van der Waals surface area contributed by atoms with E-state index in [9.17, 15) is 0 Å². The average Bonchev–Trinajstić information content (AvgIpc) is 2.42. The van der Waals surface area contributed by atoms with Crippen LogP contribution in [0.3, 0.4) is 0 Å². The molecule has 1 fully saturated rings. The van der Waals surface area contributed by atoms with Gasteiger partial charge >= 0.3 is 0 Å². The molecule has 1 heterocycles. The molecule has 0 amide bonds. The van der Waals surface area contributed by atoms with Crippen molar-refractivity contribution in [3.8, 4) is 0 Å². The normalized spacial score (nSPS) is 30.8. The molecule has 1 rings (SSSR count). The molecule has 0 saturated carbocycles. The Morgan fingerprint density at radius 1 is 1.42 bits per heavy atom. The zero-order valence-corrected chi connectivity index (χ0v) is 13.8. The van der Waals surface area contributed by atoms with Gasteiger partial charge in [0, 0.05) is 24.2 Å². The van der Waals surface area contributed by atoms with Gasteiger partial charge in [0.2, 0.25) is 0 Å². The topological polar surface area (TPSA) is 32.5 Å². The van der Waals surface area contributed by atoms with E-state index in [2.05, 4.69) is 44.5 Å². The van der Waals surface area contributed by atoms with Crippen molar-refractivity contribution >= 4 is 0 Å². The van der Waals surface area contributed by atoms with Crippen molar-refractivity contribution in [3.63, 3.8) is 0 Å². The van der Waals surface area contributed by atoms with Gasteiger partial charge in [-0.25, -0.2) is 0 Å². The summed E-state index contributed by atoms with van der Waals surface area (Å²) < 4.78 is 0. The van der Waals surface area contributed by atoms with Crippen LogP contribution in [0.2, 0.25) is 0 Å². The third kappa shape index (κ3) is 3.93. The first-order chi connectivity index (χ1) is 9.00. The summed E-state index contributed by atoms with van der Waals surface area (Å²) in [6, 6.07) is 1.29. The highest BCUT2D eigenvalue weighted by Gasteiger charge is 2.41. The Morgan fingerprint density at radius 3 is 2.58 bits per heavy atom. The molecule has 1 aliphatic rings. The molecule has 1 saturated heterocycles. The van der Waals surface area contributed by atoms with Crippen molar-refractivity contribution in [2.45, 2.75) is 77.4 Å². The van der Waals surface area contributed by atoms with E-state index in [1.165, 1.54) is 45.2 Å². The van der Waals surface area contributed by atoms with Crippen LogP contribution in [0.25, 0.3) is 0 Å². The standard InChI is InChI=1S/C16H35N3/c1-6-8-10-19(14(3)7-2)16(13-17)9-11-18(5)15(4)12-16/h14-15H,6-13,17H2,1-5H3. The Kier molecular flexibility index (Phi) is 6.78. The second-order valence-electron chi connectivity index (χ2n) is 6.52. The van der Waals surface area contributed by atoms with Crippen LogP contribution in [0, 0.1) is 0 Å². The molecule has 0 aromatic heterocycles. The van der Waals surface area contributed by atoms with Crippen LogP contribution >= 0.6 is 0 Å². The third-order valence-corrected chi connectivity index (χ3v) is 5.22. The summed E-state index contributed by atoms with van der Waals surface area (Å²) in [5.41, 5.74) is 6.48. The van der Waals surface area contributed by atoms with Gasteiger partial charge in [-0.05, 0) is 59.7 Å². The van der Waals surface area contributed by atoms with Crippen LogP contribution in [0.15, 0.2) is 0 Å². The minimum Gasteiger partial charge on any atom is -0.329 e. The van der Waals surface area contributed by atoms with Gasteiger partial charge in [-0.15, -0.1) is 0 Å². The first kappa shape index (κ1) is 16.9. The molecule has 19 heavy (non-hydrogen) atoms. The number of unbranched alkanes of at least 4 members (excludes halogenated alkanes) is 1. The lowest BCUT2D eigenvalue weighted by molar-refractivity contribution is -0.0144. The number of piperidine rings is 1. The van der Waals surface area contributed by atoms with Crippen LogP contribution in [0.1, 0.15) is 59.8 Å². The molecule has 3 nitrogen and oxygen atoms in total. The number of likely N-dealkylation sites (tertiary alicyclic amines) is 1. The monoisotopic (exact) mass is 269 g/mol. The Hall–Kier alpha value is -0.120. The number of hydrogen-bond acceptors (Lipinski definition) is 3. The fraction of sp³-hybridized carbons (Fsp3) is 1.00. The zero-order chi connectivity index (χ0) is 14.5. The second-order valence-corrected chi connectivity index (χ2v) is 6.52. The van der Waals surface area contributed by atoms with Gasteiger partial charge in [0.25, 0.3) is 0 Å². The molecule has 2 N–H and O–H groups in total. The quantitative estimate of drug-likeness (QED) is 0.771. The van der Waals surface area contributed by atoms with E-state index in [0.717, 1.165) is 6.54 Å². The summed E-state index contributed by atoms with van der Waals surface area (Å²) in [4.78, 5) is 5.21. The smallest absolute Gasteiger partial charge is 0.0361 e. The van der Waals surface area contributed by atoms with E-state index < -0.39 is 0 Å². The fourth-order valence-electron chi connectivity index (χ4n) is 3.45. The molecular formula is C16H35N3. The first-order valence-electron chi connectivity index (χ1n) is 8.17. The summed E-state index contributed by atoms with van der Waals surface area (Å²) in [6.45, 7) is 12.5. The highest BCUT2D eigenvalue weighted by Crippen LogP contribution is 2.33. The molecular weight excluding hydrogens is 234 g/mol. The van der Waals surface area contributed by atoms with E-state index in [4.69, 9.17) is 5.73 Å². The zero-order valence-electron chi connectivity index (χ0n) is 13.8. The number of hydrogen-bond donors (Lipinski definition) is 1. The van der Waals surface area contributed by atoms with Gasteiger partial charge in [0.05, 0.1) is 0 Å². The maximum absolute atomic E-state index is 6.25. The third-order valence-electron chi connectivity index (χ3n) is 5.22. The highest BCUT2D eigenvalue weighted by molar-refractivity contribution is 5.00. The molecule has 1 aliphatic heterocycles. The molecule has 0 spiro atoms. The second kappa shape index (κ2) is 7.61. The molecule has 0 aliphatic carbocycles. The van der Waals surface area contributed by atoms with E-state index in [-0.39, 0.29) is 5.54 Å². The van der Waals surface area contributed by atoms with Crippen molar-refractivity contribution in [2.75, 3.05) is 26.7 Å². The highest BCUT2D eigenvalue weighted by atomic mass is 15.3. The van der Waals surface area contributed by atoms with Gasteiger partial charge in [-0.2, -0.15) is 0 Å². The molecule has 0 aromatic carbocycles. The van der Waals surface area contributed by atoms with E-state index in [1.807, 2.05) is 0 Å². The van der Waals surface area contributed by atoms with Crippen molar-refractivity contribution in [1.29, 1.82) is 0 Å². The molecule has 3 atom stereocenters. The summed E-state index contributed by atoms with van der Waals surface area (Å²) in [6.07, 6.45) is 6.21. The predicted octanol–water partition coefficient (Wildman–Crippen LogP) is 2.70. The minimum atomic E-state index is 0.233. The van der Waals surface area contributed by atoms with Crippen LogP contribution in [-0.2, 0) is 0 Å². The predicted molar refractivity (Wildman–Crippen MR) is 84.5 cm³/mol. The Morgan fingerprint density at radius 2 is 2.11 bits per heavy atom. The molecule has 3 unspecified atom stereocenters. The summed E-state index contributed by atoms with van der Waals surface area (Å²) in [5, 5.41) is 0. The van der Waals surface area contributed by atoms with E-state index >= 15 is 0 Å². The Bertz CT molecular complexity index is 256. The van der Waals surface area contributed by atoms with E-state index in [0.29, 0.717) is 12.1 Å². The maximum atomic E-state index is 6.25. The largest absolute Gasteiger partial charge is 0.329 e. The number of nitrogens with zero attached hydrogens (tertiary/aromatic N) is 2. The van der Waals surface area contributed by atoms with Crippen molar-refractivity contribution in [2.24, 2.45) is 5.73 Å². The number of rotatable bonds is 7.